The Morgan fingerprint density at radius 2 is 1.94 bits per heavy atom. The summed E-state index contributed by atoms with van der Waals surface area (Å²) < 4.78 is 0. The molecule has 0 aromatic heterocycles. The fourth-order valence-corrected chi connectivity index (χ4v) is 3.59. The molecule has 2 heteroatoms. The standard InChI is InChI=1S/C15H22O2/c1-9(2)11-7-8-15(4)12(16)6-5-10(3)13(15)14(11)17/h9,11,13H,3,5-8H2,1-2,4H3. The Morgan fingerprint density at radius 3 is 2.53 bits per heavy atom. The molecule has 0 heterocycles. The third-order valence-corrected chi connectivity index (χ3v) is 4.78. The molecule has 0 saturated heterocycles. The number of rotatable bonds is 1. The van der Waals surface area contributed by atoms with Crippen molar-refractivity contribution in [1.29, 1.82) is 0 Å². The largest absolute Gasteiger partial charge is 0.299 e. The molecule has 2 aliphatic carbocycles. The van der Waals surface area contributed by atoms with Gasteiger partial charge < -0.3 is 0 Å². The quantitative estimate of drug-likeness (QED) is 0.653. The lowest BCUT2D eigenvalue weighted by Gasteiger charge is -2.46. The Labute approximate surface area is 103 Å². The van der Waals surface area contributed by atoms with Crippen molar-refractivity contribution in [3.8, 4) is 0 Å². The predicted molar refractivity (Wildman–Crippen MR) is 67.5 cm³/mol. The molecule has 2 nitrogen and oxygen atoms in total. The van der Waals surface area contributed by atoms with Crippen LogP contribution >= 0.6 is 0 Å². The lowest BCUT2D eigenvalue weighted by atomic mass is 9.54. The van der Waals surface area contributed by atoms with Gasteiger partial charge in [0.05, 0.1) is 5.92 Å². The van der Waals surface area contributed by atoms with Crippen molar-refractivity contribution in [2.24, 2.45) is 23.2 Å². The molecule has 94 valence electrons. The van der Waals surface area contributed by atoms with E-state index in [2.05, 4.69) is 20.4 Å². The molecule has 0 N–H and O–H groups in total. The Hall–Kier alpha value is -0.920. The molecule has 3 atom stereocenters. The first-order valence-corrected chi connectivity index (χ1v) is 6.62. The predicted octanol–water partition coefficient (Wildman–Crippen LogP) is 3.16. The molecule has 0 bridgehead atoms. The molecule has 0 spiro atoms. The van der Waals surface area contributed by atoms with E-state index in [0.29, 0.717) is 18.8 Å². The number of hydrogen-bond donors (Lipinski definition) is 0. The van der Waals surface area contributed by atoms with Crippen molar-refractivity contribution < 1.29 is 9.59 Å². The monoisotopic (exact) mass is 234 g/mol. The molecule has 2 aliphatic rings. The van der Waals surface area contributed by atoms with Gasteiger partial charge in [0.15, 0.2) is 0 Å². The molecule has 2 rings (SSSR count). The summed E-state index contributed by atoms with van der Waals surface area (Å²) in [7, 11) is 0. The van der Waals surface area contributed by atoms with E-state index in [1.807, 2.05) is 6.92 Å². The topological polar surface area (TPSA) is 34.1 Å². The van der Waals surface area contributed by atoms with Crippen LogP contribution in [-0.4, -0.2) is 11.6 Å². The van der Waals surface area contributed by atoms with Crippen LogP contribution in [0, 0.1) is 23.2 Å². The summed E-state index contributed by atoms with van der Waals surface area (Å²) in [6, 6.07) is 0. The minimum atomic E-state index is -0.447. The molecular formula is C15H22O2. The van der Waals surface area contributed by atoms with Crippen molar-refractivity contribution in [2.75, 3.05) is 0 Å². The van der Waals surface area contributed by atoms with Crippen molar-refractivity contribution in [2.45, 2.75) is 46.5 Å². The normalized spacial score (nSPS) is 38.5. The summed E-state index contributed by atoms with van der Waals surface area (Å²) in [4.78, 5) is 24.7. The summed E-state index contributed by atoms with van der Waals surface area (Å²) in [5, 5.41) is 0. The van der Waals surface area contributed by atoms with Gasteiger partial charge in [-0.25, -0.2) is 0 Å². The van der Waals surface area contributed by atoms with Gasteiger partial charge in [-0.2, -0.15) is 0 Å². The molecule has 17 heavy (non-hydrogen) atoms. The number of carbonyl (C=O) groups is 2. The fourth-order valence-electron chi connectivity index (χ4n) is 3.59. The molecule has 0 aromatic carbocycles. The van der Waals surface area contributed by atoms with E-state index >= 15 is 0 Å². The summed E-state index contributed by atoms with van der Waals surface area (Å²) in [5.74, 6) is 0.828. The van der Waals surface area contributed by atoms with Gasteiger partial charge in [-0.1, -0.05) is 32.9 Å². The summed E-state index contributed by atoms with van der Waals surface area (Å²) in [6.07, 6.45) is 2.99. The zero-order chi connectivity index (χ0) is 12.8. The van der Waals surface area contributed by atoms with Crippen LogP contribution in [0.2, 0.25) is 0 Å². The fraction of sp³-hybridized carbons (Fsp3) is 0.733. The number of Topliss-reactive ketones (excluding diaryl/α,β-unsaturated/α-hetero) is 2. The van der Waals surface area contributed by atoms with Crippen molar-refractivity contribution in [3.05, 3.63) is 12.2 Å². The first kappa shape index (κ1) is 12.5. The van der Waals surface area contributed by atoms with E-state index in [9.17, 15) is 9.59 Å². The Morgan fingerprint density at radius 1 is 1.29 bits per heavy atom. The van der Waals surface area contributed by atoms with E-state index < -0.39 is 5.41 Å². The maximum absolute atomic E-state index is 12.5. The number of carbonyl (C=O) groups excluding carboxylic acids is 2. The van der Waals surface area contributed by atoms with Gasteiger partial charge in [-0.3, -0.25) is 9.59 Å². The highest BCUT2D eigenvalue weighted by Gasteiger charge is 2.53. The van der Waals surface area contributed by atoms with Crippen LogP contribution in [0.4, 0.5) is 0 Å². The van der Waals surface area contributed by atoms with Crippen LogP contribution in [0.1, 0.15) is 46.5 Å². The van der Waals surface area contributed by atoms with Crippen LogP contribution in [0.5, 0.6) is 0 Å². The number of allylic oxidation sites excluding steroid dienone is 1. The van der Waals surface area contributed by atoms with Crippen LogP contribution in [0.15, 0.2) is 12.2 Å². The maximum atomic E-state index is 12.5. The number of hydrogen-bond acceptors (Lipinski definition) is 2. The molecular weight excluding hydrogens is 212 g/mol. The van der Waals surface area contributed by atoms with Crippen molar-refractivity contribution >= 4 is 11.6 Å². The minimum absolute atomic E-state index is 0.121. The Balaban J connectivity index is 2.36. The van der Waals surface area contributed by atoms with E-state index in [-0.39, 0.29) is 23.4 Å². The SMILES string of the molecule is C=C1CCC(=O)C2(C)CCC(C(C)C)C(=O)C12. The smallest absolute Gasteiger partial charge is 0.144 e. The van der Waals surface area contributed by atoms with E-state index in [1.165, 1.54) is 0 Å². The van der Waals surface area contributed by atoms with Crippen LogP contribution in [-0.2, 0) is 9.59 Å². The van der Waals surface area contributed by atoms with Crippen molar-refractivity contribution in [1.82, 2.24) is 0 Å². The second-order valence-electron chi connectivity index (χ2n) is 6.22. The van der Waals surface area contributed by atoms with Gasteiger partial charge >= 0.3 is 0 Å². The molecule has 0 amide bonds. The zero-order valence-electron chi connectivity index (χ0n) is 11.1. The Kier molecular flexibility index (Phi) is 3.01. The van der Waals surface area contributed by atoms with E-state index in [1.54, 1.807) is 0 Å². The highest BCUT2D eigenvalue weighted by Crippen LogP contribution is 2.50. The first-order valence-electron chi connectivity index (χ1n) is 6.62. The molecule has 2 fully saturated rings. The van der Waals surface area contributed by atoms with Crippen LogP contribution in [0.25, 0.3) is 0 Å². The third-order valence-electron chi connectivity index (χ3n) is 4.78. The maximum Gasteiger partial charge on any atom is 0.144 e. The summed E-state index contributed by atoms with van der Waals surface area (Å²) >= 11 is 0. The third kappa shape index (κ3) is 1.78. The van der Waals surface area contributed by atoms with E-state index in [0.717, 1.165) is 18.4 Å². The molecule has 2 saturated carbocycles. The number of fused-ring (bicyclic) bond motifs is 1. The lowest BCUT2D eigenvalue weighted by Crippen LogP contribution is -2.50. The minimum Gasteiger partial charge on any atom is -0.299 e. The highest BCUT2D eigenvalue weighted by atomic mass is 16.1. The van der Waals surface area contributed by atoms with Gasteiger partial charge in [0.25, 0.3) is 0 Å². The van der Waals surface area contributed by atoms with Gasteiger partial charge in [0.1, 0.15) is 11.6 Å². The van der Waals surface area contributed by atoms with Gasteiger partial charge in [0.2, 0.25) is 0 Å². The van der Waals surface area contributed by atoms with Gasteiger partial charge in [-0.05, 0) is 25.2 Å². The second kappa shape index (κ2) is 4.08. The second-order valence-corrected chi connectivity index (χ2v) is 6.22. The number of ketones is 2. The average Bonchev–Trinajstić information content (AvgIpc) is 2.23. The highest BCUT2D eigenvalue weighted by molar-refractivity contribution is 5.98. The Bertz CT molecular complexity index is 380. The van der Waals surface area contributed by atoms with E-state index in [4.69, 9.17) is 0 Å². The molecule has 0 aliphatic heterocycles. The van der Waals surface area contributed by atoms with Crippen molar-refractivity contribution in [3.63, 3.8) is 0 Å². The van der Waals surface area contributed by atoms with Gasteiger partial charge in [-0.15, -0.1) is 0 Å². The first-order chi connectivity index (χ1) is 7.88. The lowest BCUT2D eigenvalue weighted by molar-refractivity contribution is -0.147. The average molecular weight is 234 g/mol. The van der Waals surface area contributed by atoms with Gasteiger partial charge in [0, 0.05) is 17.8 Å². The molecule has 0 aromatic rings. The zero-order valence-corrected chi connectivity index (χ0v) is 11.1. The molecule has 3 unspecified atom stereocenters. The van der Waals surface area contributed by atoms with Crippen LogP contribution in [0.3, 0.4) is 0 Å². The summed E-state index contributed by atoms with van der Waals surface area (Å²) in [5.41, 5.74) is 0.542. The van der Waals surface area contributed by atoms with Crippen LogP contribution < -0.4 is 0 Å². The molecule has 0 radical (unpaired) electrons. The summed E-state index contributed by atoms with van der Waals surface area (Å²) in [6.45, 7) is 10.2.